The maximum atomic E-state index is 14.0. The molecule has 0 saturated carbocycles. The summed E-state index contributed by atoms with van der Waals surface area (Å²) < 4.78 is 12.6. The zero-order chi connectivity index (χ0) is 29.9. The Morgan fingerprint density at radius 2 is 1.32 bits per heavy atom. The molecule has 2 unspecified atom stereocenters. The van der Waals surface area contributed by atoms with Crippen molar-refractivity contribution in [1.82, 2.24) is 0 Å². The number of rotatable bonds is 8. The lowest BCUT2D eigenvalue weighted by Crippen LogP contribution is -2.44. The predicted molar refractivity (Wildman–Crippen MR) is 179 cm³/mol. The molecule has 7 rings (SSSR count). The molecule has 1 heterocycles. The van der Waals surface area contributed by atoms with Crippen molar-refractivity contribution >= 4 is 45.0 Å². The molecule has 6 aromatic carbocycles. The SMILES string of the molecule is CCOC(=O)C(OCc1c2ccccc2cc2ccccc12)C1c2ccccc2C=C(c2ccccc2)N1c1ccccc1. The number of esters is 1. The minimum atomic E-state index is -0.915. The van der Waals surface area contributed by atoms with Crippen molar-refractivity contribution in [3.63, 3.8) is 0 Å². The van der Waals surface area contributed by atoms with Crippen LogP contribution in [0.15, 0.2) is 140 Å². The normalized spacial score (nSPS) is 15.1. The predicted octanol–water partition coefficient (Wildman–Crippen LogP) is 9.20. The maximum absolute atomic E-state index is 14.0. The quantitative estimate of drug-likeness (QED) is 0.134. The number of nitrogens with zero attached hydrogens (tertiary/aromatic N) is 1. The van der Waals surface area contributed by atoms with Gasteiger partial charge in [0.15, 0.2) is 6.10 Å². The fourth-order valence-corrected chi connectivity index (χ4v) is 6.38. The van der Waals surface area contributed by atoms with Crippen molar-refractivity contribution in [2.45, 2.75) is 25.7 Å². The molecule has 1 aliphatic rings. The summed E-state index contributed by atoms with van der Waals surface area (Å²) in [5.41, 5.74) is 6.14. The largest absolute Gasteiger partial charge is 0.464 e. The first kappa shape index (κ1) is 27.6. The molecule has 1 aliphatic heterocycles. The lowest BCUT2D eigenvalue weighted by atomic mass is 9.88. The second-order valence-corrected chi connectivity index (χ2v) is 11.0. The molecular weight excluding hydrogens is 542 g/mol. The van der Waals surface area contributed by atoms with E-state index in [1.807, 2.05) is 55.5 Å². The molecule has 0 bridgehead atoms. The van der Waals surface area contributed by atoms with Crippen molar-refractivity contribution in [3.05, 3.63) is 162 Å². The molecule has 216 valence electrons. The van der Waals surface area contributed by atoms with E-state index in [1.54, 1.807) is 0 Å². The number of anilines is 1. The van der Waals surface area contributed by atoms with E-state index in [2.05, 4.69) is 102 Å². The van der Waals surface area contributed by atoms with Crippen LogP contribution in [-0.2, 0) is 20.9 Å². The zero-order valence-electron chi connectivity index (χ0n) is 24.6. The van der Waals surface area contributed by atoms with Crippen molar-refractivity contribution in [2.75, 3.05) is 11.5 Å². The lowest BCUT2D eigenvalue weighted by Gasteiger charge is -2.42. The lowest BCUT2D eigenvalue weighted by molar-refractivity contribution is -0.159. The van der Waals surface area contributed by atoms with E-state index in [0.29, 0.717) is 0 Å². The van der Waals surface area contributed by atoms with E-state index in [4.69, 9.17) is 9.47 Å². The monoisotopic (exact) mass is 575 g/mol. The molecule has 0 saturated heterocycles. The van der Waals surface area contributed by atoms with Gasteiger partial charge in [0.1, 0.15) is 0 Å². The van der Waals surface area contributed by atoms with Crippen LogP contribution in [0.5, 0.6) is 0 Å². The molecule has 4 nitrogen and oxygen atoms in total. The average Bonchev–Trinajstić information content (AvgIpc) is 3.08. The van der Waals surface area contributed by atoms with Gasteiger partial charge in [-0.3, -0.25) is 0 Å². The molecule has 6 aromatic rings. The Hall–Kier alpha value is -5.19. The first-order valence-corrected chi connectivity index (χ1v) is 15.1. The van der Waals surface area contributed by atoms with Gasteiger partial charge in [-0.05, 0) is 75.0 Å². The molecule has 4 heteroatoms. The number of hydrogen-bond donors (Lipinski definition) is 0. The molecule has 0 amide bonds. The van der Waals surface area contributed by atoms with E-state index in [9.17, 15) is 4.79 Å². The highest BCUT2D eigenvalue weighted by Gasteiger charge is 2.41. The molecule has 0 aromatic heterocycles. The van der Waals surface area contributed by atoms with Crippen molar-refractivity contribution < 1.29 is 14.3 Å². The average molecular weight is 576 g/mol. The standard InChI is InChI=1S/C40H33NO3/c1-2-43-40(42)39(44-27-36-33-22-12-9-17-29(33)25-30-18-10-13-23-34(30)36)38-35-24-14-11-19-31(35)26-37(28-15-5-3-6-16-28)41(38)32-20-7-4-8-21-32/h3-26,38-39H,2,27H2,1H3. The highest BCUT2D eigenvalue weighted by atomic mass is 16.6. The number of para-hydroxylation sites is 1. The van der Waals surface area contributed by atoms with Crippen LogP contribution in [0.2, 0.25) is 0 Å². The third-order valence-electron chi connectivity index (χ3n) is 8.34. The molecule has 0 fully saturated rings. The van der Waals surface area contributed by atoms with Crippen LogP contribution in [0.4, 0.5) is 5.69 Å². The first-order valence-electron chi connectivity index (χ1n) is 15.1. The van der Waals surface area contributed by atoms with Gasteiger partial charge < -0.3 is 14.4 Å². The van der Waals surface area contributed by atoms with Crippen molar-refractivity contribution in [3.8, 4) is 0 Å². The van der Waals surface area contributed by atoms with Crippen LogP contribution >= 0.6 is 0 Å². The Morgan fingerprint density at radius 3 is 2.00 bits per heavy atom. The zero-order valence-corrected chi connectivity index (χ0v) is 24.6. The van der Waals surface area contributed by atoms with Crippen LogP contribution < -0.4 is 4.90 Å². The topological polar surface area (TPSA) is 38.8 Å². The Balaban J connectivity index is 1.39. The number of benzene rings is 6. The Bertz CT molecular complexity index is 1910. The van der Waals surface area contributed by atoms with Gasteiger partial charge >= 0.3 is 5.97 Å². The summed E-state index contributed by atoms with van der Waals surface area (Å²) in [5.74, 6) is -0.382. The smallest absolute Gasteiger partial charge is 0.337 e. The highest BCUT2D eigenvalue weighted by Crippen LogP contribution is 2.45. The van der Waals surface area contributed by atoms with Gasteiger partial charge in [-0.1, -0.05) is 121 Å². The number of fused-ring (bicyclic) bond motifs is 3. The minimum Gasteiger partial charge on any atom is -0.464 e. The molecule has 0 radical (unpaired) electrons. The fraction of sp³-hybridized carbons (Fsp3) is 0.125. The summed E-state index contributed by atoms with van der Waals surface area (Å²) >= 11 is 0. The van der Waals surface area contributed by atoms with E-state index in [0.717, 1.165) is 55.2 Å². The van der Waals surface area contributed by atoms with Crippen LogP contribution in [0.3, 0.4) is 0 Å². The Morgan fingerprint density at radius 1 is 0.727 bits per heavy atom. The van der Waals surface area contributed by atoms with Crippen molar-refractivity contribution in [1.29, 1.82) is 0 Å². The summed E-state index contributed by atoms with van der Waals surface area (Å²) in [6, 6.07) is 47.2. The molecule has 0 aliphatic carbocycles. The van der Waals surface area contributed by atoms with Gasteiger partial charge in [0.05, 0.1) is 19.3 Å². The summed E-state index contributed by atoms with van der Waals surface area (Å²) in [6.07, 6.45) is 1.29. The van der Waals surface area contributed by atoms with Gasteiger partial charge in [-0.15, -0.1) is 0 Å². The number of carbonyl (C=O) groups excluding carboxylic acids is 1. The van der Waals surface area contributed by atoms with Crippen LogP contribution in [0.25, 0.3) is 33.3 Å². The second kappa shape index (κ2) is 12.2. The number of carbonyl (C=O) groups is 1. The van der Waals surface area contributed by atoms with Gasteiger partial charge in [0, 0.05) is 11.4 Å². The van der Waals surface area contributed by atoms with Gasteiger partial charge in [0.25, 0.3) is 0 Å². The third-order valence-corrected chi connectivity index (χ3v) is 8.34. The van der Waals surface area contributed by atoms with Crippen molar-refractivity contribution in [2.24, 2.45) is 0 Å². The first-order chi connectivity index (χ1) is 21.7. The Labute approximate surface area is 257 Å². The number of hydrogen-bond acceptors (Lipinski definition) is 4. The van der Waals surface area contributed by atoms with Crippen LogP contribution in [-0.4, -0.2) is 18.7 Å². The molecule has 2 atom stereocenters. The minimum absolute atomic E-state index is 0.247. The molecule has 44 heavy (non-hydrogen) atoms. The summed E-state index contributed by atoms with van der Waals surface area (Å²) in [7, 11) is 0. The molecule has 0 spiro atoms. The van der Waals surface area contributed by atoms with E-state index >= 15 is 0 Å². The van der Waals surface area contributed by atoms with E-state index < -0.39 is 12.1 Å². The van der Waals surface area contributed by atoms with Crippen LogP contribution in [0.1, 0.15) is 35.2 Å². The highest BCUT2D eigenvalue weighted by molar-refractivity contribution is 6.02. The van der Waals surface area contributed by atoms with Crippen LogP contribution in [0, 0.1) is 0 Å². The summed E-state index contributed by atoms with van der Waals surface area (Å²) in [5, 5.41) is 4.51. The fourth-order valence-electron chi connectivity index (χ4n) is 6.38. The van der Waals surface area contributed by atoms with Gasteiger partial charge in [-0.2, -0.15) is 0 Å². The third kappa shape index (κ3) is 5.14. The summed E-state index contributed by atoms with van der Waals surface area (Å²) in [6.45, 7) is 2.35. The van der Waals surface area contributed by atoms with E-state index in [-0.39, 0.29) is 19.2 Å². The van der Waals surface area contributed by atoms with E-state index in [1.165, 1.54) is 0 Å². The molecule has 0 N–H and O–H groups in total. The summed E-state index contributed by atoms with van der Waals surface area (Å²) in [4.78, 5) is 16.3. The number of ether oxygens (including phenoxy) is 2. The van der Waals surface area contributed by atoms with Gasteiger partial charge in [0.2, 0.25) is 0 Å². The van der Waals surface area contributed by atoms with Gasteiger partial charge in [-0.25, -0.2) is 4.79 Å². The molecular formula is C40H33NO3. The Kier molecular flexibility index (Phi) is 7.66. The second-order valence-electron chi connectivity index (χ2n) is 11.0. The maximum Gasteiger partial charge on any atom is 0.337 e.